The average Bonchev–Trinajstić information content (AvgIpc) is 2.92. The highest BCUT2D eigenvalue weighted by atomic mass is 16.4. The lowest BCUT2D eigenvalue weighted by Crippen LogP contribution is -2.49. The molecule has 2 aromatic rings. The Hall–Kier alpha value is -2.86. The molecule has 9 heteroatoms. The van der Waals surface area contributed by atoms with E-state index in [1.54, 1.807) is 11.5 Å². The van der Waals surface area contributed by atoms with Crippen LogP contribution in [0.25, 0.3) is 11.0 Å². The first-order chi connectivity index (χ1) is 11.1. The van der Waals surface area contributed by atoms with Crippen molar-refractivity contribution in [3.8, 4) is 11.8 Å². The number of piperazine rings is 1. The summed E-state index contributed by atoms with van der Waals surface area (Å²) in [7, 11) is 0. The van der Waals surface area contributed by atoms with E-state index in [9.17, 15) is 14.7 Å². The number of fused-ring (bicyclic) bond motifs is 1. The predicted octanol–water partition coefficient (Wildman–Crippen LogP) is -0.233. The number of nitrogens with zero attached hydrogens (tertiary/aromatic N) is 4. The molecule has 9 nitrogen and oxygen atoms in total. The van der Waals surface area contributed by atoms with E-state index in [1.807, 2.05) is 0 Å². The van der Waals surface area contributed by atoms with Gasteiger partial charge in [0, 0.05) is 19.6 Å². The van der Waals surface area contributed by atoms with Crippen LogP contribution in [0.1, 0.15) is 18.8 Å². The zero-order valence-electron chi connectivity index (χ0n) is 12.5. The molecule has 1 atom stereocenters. The highest BCUT2D eigenvalue weighted by molar-refractivity contribution is 5.74. The molecule has 3 heterocycles. The van der Waals surface area contributed by atoms with Crippen LogP contribution in [0.4, 0.5) is 4.79 Å². The summed E-state index contributed by atoms with van der Waals surface area (Å²) in [6.07, 6.45) is 0.445. The van der Waals surface area contributed by atoms with E-state index >= 15 is 0 Å². The van der Waals surface area contributed by atoms with Gasteiger partial charge in [0.2, 0.25) is 0 Å². The van der Waals surface area contributed by atoms with Crippen molar-refractivity contribution in [3.05, 3.63) is 22.4 Å². The number of nitrogens with one attached hydrogen (secondary N) is 2. The van der Waals surface area contributed by atoms with Gasteiger partial charge in [-0.05, 0) is 6.92 Å². The molecule has 1 unspecified atom stereocenters. The highest BCUT2D eigenvalue weighted by Gasteiger charge is 2.32. The van der Waals surface area contributed by atoms with Crippen molar-refractivity contribution in [2.24, 2.45) is 0 Å². The van der Waals surface area contributed by atoms with Crippen LogP contribution in [-0.2, 0) is 6.54 Å². The van der Waals surface area contributed by atoms with E-state index in [2.05, 4.69) is 32.3 Å². The minimum Gasteiger partial charge on any atom is -0.465 e. The van der Waals surface area contributed by atoms with Crippen LogP contribution in [0, 0.1) is 11.8 Å². The normalized spacial score (nSPS) is 17.8. The average molecular weight is 316 g/mol. The molecule has 2 aromatic heterocycles. The van der Waals surface area contributed by atoms with Crippen LogP contribution in [-0.4, -0.2) is 55.5 Å². The molecular weight excluding hydrogens is 300 g/mol. The molecule has 0 aromatic carbocycles. The minimum absolute atomic E-state index is 0.263. The highest BCUT2D eigenvalue weighted by Crippen LogP contribution is 2.24. The number of hydrogen-bond acceptors (Lipinski definition) is 5. The second-order valence-electron chi connectivity index (χ2n) is 5.11. The van der Waals surface area contributed by atoms with E-state index in [4.69, 9.17) is 0 Å². The van der Waals surface area contributed by atoms with Gasteiger partial charge in [0.1, 0.15) is 22.9 Å². The van der Waals surface area contributed by atoms with Gasteiger partial charge in [-0.25, -0.2) is 14.9 Å². The van der Waals surface area contributed by atoms with Crippen molar-refractivity contribution >= 4 is 17.1 Å². The summed E-state index contributed by atoms with van der Waals surface area (Å²) in [5, 5.41) is 18.7. The van der Waals surface area contributed by atoms with Crippen LogP contribution < -0.4 is 10.9 Å². The van der Waals surface area contributed by atoms with Crippen molar-refractivity contribution in [3.63, 3.8) is 0 Å². The van der Waals surface area contributed by atoms with Crippen LogP contribution in [0.5, 0.6) is 0 Å². The Morgan fingerprint density at radius 3 is 3.13 bits per heavy atom. The summed E-state index contributed by atoms with van der Waals surface area (Å²) in [6, 6.07) is -0.480. The number of H-pyrrole nitrogens is 1. The van der Waals surface area contributed by atoms with Crippen LogP contribution in [0.15, 0.2) is 11.0 Å². The smallest absolute Gasteiger partial charge is 0.408 e. The van der Waals surface area contributed by atoms with Crippen molar-refractivity contribution in [2.45, 2.75) is 19.5 Å². The number of aromatic nitrogens is 4. The van der Waals surface area contributed by atoms with Crippen molar-refractivity contribution in [1.29, 1.82) is 0 Å². The van der Waals surface area contributed by atoms with Crippen molar-refractivity contribution in [1.82, 2.24) is 30.0 Å². The fourth-order valence-corrected chi connectivity index (χ4v) is 2.76. The summed E-state index contributed by atoms with van der Waals surface area (Å²) in [6.45, 7) is 3.34. The van der Waals surface area contributed by atoms with E-state index in [0.717, 1.165) is 0 Å². The third-order valence-electron chi connectivity index (χ3n) is 3.79. The van der Waals surface area contributed by atoms with E-state index in [-0.39, 0.29) is 12.1 Å². The summed E-state index contributed by atoms with van der Waals surface area (Å²) in [4.78, 5) is 29.4. The molecule has 1 saturated heterocycles. The zero-order chi connectivity index (χ0) is 16.4. The summed E-state index contributed by atoms with van der Waals surface area (Å²) in [5.74, 6) is 6.19. The van der Waals surface area contributed by atoms with Gasteiger partial charge in [-0.3, -0.25) is 9.69 Å². The lowest BCUT2D eigenvalue weighted by Gasteiger charge is -2.33. The number of imidazole rings is 1. The maximum absolute atomic E-state index is 12.1. The topological polar surface area (TPSA) is 116 Å². The molecule has 1 amide bonds. The summed E-state index contributed by atoms with van der Waals surface area (Å²) in [5.41, 5.74) is 0.413. The first-order valence-corrected chi connectivity index (χ1v) is 7.17. The van der Waals surface area contributed by atoms with Gasteiger partial charge in [0.05, 0.1) is 12.7 Å². The third-order valence-corrected chi connectivity index (χ3v) is 3.79. The molecule has 1 aliphatic rings. The summed E-state index contributed by atoms with van der Waals surface area (Å²) < 4.78 is 1.67. The van der Waals surface area contributed by atoms with Gasteiger partial charge in [-0.15, -0.1) is 5.92 Å². The molecule has 0 aliphatic carbocycles. The number of aromatic amines is 1. The number of amides is 1. The maximum Gasteiger partial charge on any atom is 0.408 e. The van der Waals surface area contributed by atoms with E-state index in [0.29, 0.717) is 36.5 Å². The molecule has 0 saturated carbocycles. The zero-order valence-corrected chi connectivity index (χ0v) is 12.5. The second kappa shape index (κ2) is 6.10. The predicted molar refractivity (Wildman–Crippen MR) is 81.9 cm³/mol. The quantitative estimate of drug-likeness (QED) is 0.659. The van der Waals surface area contributed by atoms with E-state index in [1.165, 1.54) is 11.1 Å². The van der Waals surface area contributed by atoms with E-state index < -0.39 is 12.1 Å². The van der Waals surface area contributed by atoms with Crippen LogP contribution >= 0.6 is 0 Å². The molecule has 23 heavy (non-hydrogen) atoms. The Balaban J connectivity index is 2.18. The molecule has 0 spiro atoms. The molecule has 0 bridgehead atoms. The SMILES string of the molecule is CC#CCn1c(C2CNCCN2C(=O)O)nc2cn[nH]c(=O)c21. The largest absolute Gasteiger partial charge is 0.465 e. The van der Waals surface area contributed by atoms with Gasteiger partial charge >= 0.3 is 6.09 Å². The maximum atomic E-state index is 12.1. The second-order valence-corrected chi connectivity index (χ2v) is 5.11. The monoisotopic (exact) mass is 316 g/mol. The first-order valence-electron chi connectivity index (χ1n) is 7.17. The lowest BCUT2D eigenvalue weighted by atomic mass is 10.2. The van der Waals surface area contributed by atoms with Gasteiger partial charge in [-0.1, -0.05) is 5.92 Å². The Kier molecular flexibility index (Phi) is 3.99. The van der Waals surface area contributed by atoms with Gasteiger partial charge < -0.3 is 15.0 Å². The Labute approximate surface area is 131 Å². The fourth-order valence-electron chi connectivity index (χ4n) is 2.76. The molecule has 3 N–H and O–H groups in total. The van der Waals surface area contributed by atoms with Crippen molar-refractivity contribution < 1.29 is 9.90 Å². The molecule has 3 rings (SSSR count). The number of carbonyl (C=O) groups is 1. The Morgan fingerprint density at radius 2 is 2.39 bits per heavy atom. The molecule has 0 radical (unpaired) electrons. The van der Waals surface area contributed by atoms with Gasteiger partial charge in [-0.2, -0.15) is 5.10 Å². The van der Waals surface area contributed by atoms with Crippen molar-refractivity contribution in [2.75, 3.05) is 19.6 Å². The molecule has 1 aliphatic heterocycles. The number of hydrogen-bond donors (Lipinski definition) is 3. The Bertz CT molecular complexity index is 859. The molecular formula is C14H16N6O3. The minimum atomic E-state index is -1.01. The van der Waals surface area contributed by atoms with Gasteiger partial charge in [0.15, 0.2) is 0 Å². The van der Waals surface area contributed by atoms with Crippen LogP contribution in [0.3, 0.4) is 0 Å². The number of carboxylic acid groups (broad SMARTS) is 1. The fraction of sp³-hybridized carbons (Fsp3) is 0.429. The van der Waals surface area contributed by atoms with Crippen LogP contribution in [0.2, 0.25) is 0 Å². The molecule has 120 valence electrons. The molecule has 1 fully saturated rings. The Morgan fingerprint density at radius 1 is 1.57 bits per heavy atom. The lowest BCUT2D eigenvalue weighted by molar-refractivity contribution is 0.109. The number of rotatable bonds is 2. The first kappa shape index (κ1) is 15.1. The standard InChI is InChI=1S/C14H16N6O3/c1-2-3-5-20-11-9(7-16-18-13(11)21)17-12(20)10-8-15-4-6-19(10)14(22)23/h7,10,15H,4-6,8H2,1H3,(H,18,21)(H,22,23). The summed E-state index contributed by atoms with van der Waals surface area (Å²) >= 11 is 0. The third kappa shape index (κ3) is 2.64. The van der Waals surface area contributed by atoms with Gasteiger partial charge in [0.25, 0.3) is 5.56 Å².